The van der Waals surface area contributed by atoms with Gasteiger partial charge in [-0.05, 0) is 42.7 Å². The Hall–Kier alpha value is -2.88. The van der Waals surface area contributed by atoms with E-state index in [0.29, 0.717) is 11.1 Å². The molecule has 0 fully saturated rings. The number of carbonyl (C=O) groups excluding carboxylic acids is 1. The van der Waals surface area contributed by atoms with E-state index in [1.807, 2.05) is 18.2 Å². The minimum absolute atomic E-state index is 0.291. The number of unbranched alkanes of at least 4 members (excludes halogenated alkanes) is 15. The van der Waals surface area contributed by atoms with Crippen LogP contribution in [0, 0.1) is 0 Å². The summed E-state index contributed by atoms with van der Waals surface area (Å²) in [7, 11) is 1.37. The van der Waals surface area contributed by atoms with Crippen molar-refractivity contribution in [3.8, 4) is 0 Å². The summed E-state index contributed by atoms with van der Waals surface area (Å²) in [6.45, 7) is 2.28. The van der Waals surface area contributed by atoms with Crippen molar-refractivity contribution in [3.05, 3.63) is 77.4 Å². The van der Waals surface area contributed by atoms with E-state index >= 15 is 0 Å². The van der Waals surface area contributed by atoms with Gasteiger partial charge < -0.3 is 9.84 Å². The Labute approximate surface area is 231 Å². The molecular formula is C34H50O4. The Balaban J connectivity index is 0.000000600. The van der Waals surface area contributed by atoms with Crippen LogP contribution in [0.5, 0.6) is 0 Å². The van der Waals surface area contributed by atoms with Crippen LogP contribution in [0.3, 0.4) is 0 Å². The van der Waals surface area contributed by atoms with Crippen molar-refractivity contribution in [2.45, 2.75) is 110 Å². The van der Waals surface area contributed by atoms with Crippen LogP contribution in [-0.4, -0.2) is 24.2 Å². The number of ether oxygens (including phenoxy) is 1. The molecule has 0 saturated heterocycles. The van der Waals surface area contributed by atoms with Gasteiger partial charge in [0.15, 0.2) is 0 Å². The smallest absolute Gasteiger partial charge is 0.337 e. The van der Waals surface area contributed by atoms with E-state index in [-0.39, 0.29) is 5.97 Å². The molecule has 210 valence electrons. The summed E-state index contributed by atoms with van der Waals surface area (Å²) in [5.41, 5.74) is 2.01. The molecule has 0 amide bonds. The summed E-state index contributed by atoms with van der Waals surface area (Å²) in [6.07, 6.45) is 26.4. The average Bonchev–Trinajstić information content (AvgIpc) is 2.95. The van der Waals surface area contributed by atoms with E-state index in [4.69, 9.17) is 5.11 Å². The lowest BCUT2D eigenvalue weighted by Gasteiger charge is -2.03. The van der Waals surface area contributed by atoms with E-state index in [1.165, 1.54) is 103 Å². The first-order valence-electron chi connectivity index (χ1n) is 14.7. The number of allylic oxidation sites excluding steroid dienone is 1. The molecule has 0 heterocycles. The van der Waals surface area contributed by atoms with Gasteiger partial charge >= 0.3 is 11.9 Å². The third-order valence-electron chi connectivity index (χ3n) is 6.64. The number of carboxylic acid groups (broad SMARTS) is 1. The van der Waals surface area contributed by atoms with Crippen LogP contribution < -0.4 is 0 Å². The van der Waals surface area contributed by atoms with Crippen molar-refractivity contribution in [1.29, 1.82) is 0 Å². The fraction of sp³-hybridized carbons (Fsp3) is 0.529. The van der Waals surface area contributed by atoms with Crippen molar-refractivity contribution in [3.63, 3.8) is 0 Å². The van der Waals surface area contributed by atoms with Crippen LogP contribution in [0.4, 0.5) is 0 Å². The summed E-state index contributed by atoms with van der Waals surface area (Å²) in [6, 6.07) is 15.9. The topological polar surface area (TPSA) is 63.6 Å². The van der Waals surface area contributed by atoms with Crippen molar-refractivity contribution < 1.29 is 19.4 Å². The standard InChI is InChI=1S/C26H42O2.C8H8O2/c1-2-3-4-5-6-7-8-9-10-11-12-13-14-15-16-17-18-19-24-20-22-25(23-21-24)26(27)28;1-10-8(9)7-5-3-2-4-6-7/h18-23H,2-17H2,1H3,(H,27,28);2-6H,1H3. The maximum absolute atomic E-state index is 10.8. The highest BCUT2D eigenvalue weighted by Gasteiger charge is 2.01. The van der Waals surface area contributed by atoms with E-state index < -0.39 is 5.97 Å². The summed E-state index contributed by atoms with van der Waals surface area (Å²) >= 11 is 0. The molecule has 0 bridgehead atoms. The lowest BCUT2D eigenvalue weighted by atomic mass is 10.0. The molecule has 0 spiro atoms. The van der Waals surface area contributed by atoms with Crippen LogP contribution in [0.1, 0.15) is 136 Å². The highest BCUT2D eigenvalue weighted by Crippen LogP contribution is 2.14. The van der Waals surface area contributed by atoms with Gasteiger partial charge in [0, 0.05) is 0 Å². The normalized spacial score (nSPS) is 10.7. The highest BCUT2D eigenvalue weighted by molar-refractivity contribution is 5.89. The van der Waals surface area contributed by atoms with Gasteiger partial charge in [-0.25, -0.2) is 9.59 Å². The van der Waals surface area contributed by atoms with E-state index in [0.717, 1.165) is 12.0 Å². The second kappa shape index (κ2) is 23.3. The monoisotopic (exact) mass is 522 g/mol. The lowest BCUT2D eigenvalue weighted by Crippen LogP contribution is -1.99. The Morgan fingerprint density at radius 2 is 1.13 bits per heavy atom. The largest absolute Gasteiger partial charge is 0.478 e. The van der Waals surface area contributed by atoms with Crippen LogP contribution in [0.2, 0.25) is 0 Å². The molecule has 2 aromatic carbocycles. The number of carbonyl (C=O) groups is 2. The molecule has 0 aliphatic carbocycles. The quantitative estimate of drug-likeness (QED) is 0.147. The summed E-state index contributed by atoms with van der Waals surface area (Å²) < 4.78 is 4.50. The Morgan fingerprint density at radius 1 is 0.658 bits per heavy atom. The zero-order chi connectivity index (χ0) is 27.7. The van der Waals surface area contributed by atoms with Crippen LogP contribution in [-0.2, 0) is 4.74 Å². The van der Waals surface area contributed by atoms with Gasteiger partial charge in [0.25, 0.3) is 0 Å². The number of carboxylic acids is 1. The minimum atomic E-state index is -0.867. The molecule has 4 nitrogen and oxygen atoms in total. The van der Waals surface area contributed by atoms with E-state index in [9.17, 15) is 9.59 Å². The third kappa shape index (κ3) is 17.6. The van der Waals surface area contributed by atoms with Gasteiger partial charge in [0.1, 0.15) is 0 Å². The molecule has 2 rings (SSSR count). The highest BCUT2D eigenvalue weighted by atomic mass is 16.5. The Kier molecular flexibility index (Phi) is 20.3. The maximum atomic E-state index is 10.8. The van der Waals surface area contributed by atoms with Crippen LogP contribution in [0.25, 0.3) is 6.08 Å². The number of hydrogen-bond donors (Lipinski definition) is 1. The van der Waals surface area contributed by atoms with Crippen molar-refractivity contribution >= 4 is 18.0 Å². The molecule has 0 unspecified atom stereocenters. The van der Waals surface area contributed by atoms with Crippen molar-refractivity contribution in [2.24, 2.45) is 0 Å². The van der Waals surface area contributed by atoms with Crippen LogP contribution >= 0.6 is 0 Å². The molecule has 0 aromatic heterocycles. The summed E-state index contributed by atoms with van der Waals surface area (Å²) in [5, 5.41) is 8.89. The van der Waals surface area contributed by atoms with E-state index in [1.54, 1.807) is 36.4 Å². The minimum Gasteiger partial charge on any atom is -0.478 e. The molecule has 1 N–H and O–H groups in total. The van der Waals surface area contributed by atoms with Gasteiger partial charge in [-0.3, -0.25) is 0 Å². The molecule has 0 aliphatic heterocycles. The first-order chi connectivity index (χ1) is 18.6. The van der Waals surface area contributed by atoms with E-state index in [2.05, 4.69) is 23.8 Å². The first kappa shape index (κ1) is 33.1. The van der Waals surface area contributed by atoms with Gasteiger partial charge in [-0.15, -0.1) is 0 Å². The SMILES string of the molecule is CCCCCCCCCCCCCCCCCC=Cc1ccc(C(=O)O)cc1.COC(=O)c1ccccc1. The number of methoxy groups -OCH3 is 1. The number of aromatic carboxylic acids is 1. The van der Waals surface area contributed by atoms with Gasteiger partial charge in [0.05, 0.1) is 18.2 Å². The number of hydrogen-bond acceptors (Lipinski definition) is 3. The number of benzene rings is 2. The second-order valence-electron chi connectivity index (χ2n) is 9.93. The zero-order valence-electron chi connectivity index (χ0n) is 23.8. The van der Waals surface area contributed by atoms with Gasteiger partial charge in [-0.2, -0.15) is 0 Å². The lowest BCUT2D eigenvalue weighted by molar-refractivity contribution is 0.0599. The van der Waals surface area contributed by atoms with Crippen LogP contribution in [0.15, 0.2) is 60.7 Å². The second-order valence-corrected chi connectivity index (χ2v) is 9.93. The van der Waals surface area contributed by atoms with Gasteiger partial charge in [-0.1, -0.05) is 139 Å². The molecule has 0 radical (unpaired) electrons. The predicted octanol–water partition coefficient (Wildman–Crippen LogP) is 10.1. The first-order valence-corrected chi connectivity index (χ1v) is 14.7. The Bertz CT molecular complexity index is 871. The third-order valence-corrected chi connectivity index (χ3v) is 6.64. The molecule has 2 aromatic rings. The fourth-order valence-electron chi connectivity index (χ4n) is 4.28. The average molecular weight is 523 g/mol. The number of esters is 1. The van der Waals surface area contributed by atoms with Crippen molar-refractivity contribution in [2.75, 3.05) is 7.11 Å². The zero-order valence-corrected chi connectivity index (χ0v) is 23.8. The fourth-order valence-corrected chi connectivity index (χ4v) is 4.28. The molecule has 38 heavy (non-hydrogen) atoms. The summed E-state index contributed by atoms with van der Waals surface area (Å²) in [5.74, 6) is -1.16. The number of rotatable bonds is 19. The van der Waals surface area contributed by atoms with Crippen molar-refractivity contribution in [1.82, 2.24) is 0 Å². The van der Waals surface area contributed by atoms with Gasteiger partial charge in [0.2, 0.25) is 0 Å². The maximum Gasteiger partial charge on any atom is 0.337 e. The molecule has 0 saturated carbocycles. The molecule has 4 heteroatoms. The predicted molar refractivity (Wildman–Crippen MR) is 160 cm³/mol. The molecule has 0 atom stereocenters. The Morgan fingerprint density at radius 3 is 1.58 bits per heavy atom. The summed E-state index contributed by atoms with van der Waals surface area (Å²) in [4.78, 5) is 21.6. The molecule has 0 aliphatic rings. The molecular weight excluding hydrogens is 472 g/mol.